The second-order valence-corrected chi connectivity index (χ2v) is 4.61. The third-order valence-electron chi connectivity index (χ3n) is 2.62. The van der Waals surface area contributed by atoms with E-state index in [-0.39, 0.29) is 16.8 Å². The van der Waals surface area contributed by atoms with Crippen molar-refractivity contribution >= 4 is 35.0 Å². The Morgan fingerprint density at radius 2 is 1.71 bits per heavy atom. The van der Waals surface area contributed by atoms with Gasteiger partial charge >= 0.3 is 0 Å². The summed E-state index contributed by atoms with van der Waals surface area (Å²) in [5.74, 6) is -0.277. The molecule has 1 amide bonds. The number of thiocarbonyl (C=S) groups is 1. The van der Waals surface area contributed by atoms with Crippen LogP contribution in [-0.4, -0.2) is 16.1 Å². The number of phenolic OH excluding ortho intramolecular Hbond substituents is 1. The fourth-order valence-corrected chi connectivity index (χ4v) is 1.83. The number of benzene rings is 2. The molecule has 0 aliphatic rings. The molecule has 5 heteroatoms. The molecule has 2 rings (SSSR count). The molecule has 0 saturated heterocycles. The predicted molar refractivity (Wildman–Crippen MR) is 87.9 cm³/mol. The lowest BCUT2D eigenvalue weighted by Crippen LogP contribution is -2.32. The molecule has 0 aliphatic heterocycles. The summed E-state index contributed by atoms with van der Waals surface area (Å²) in [6, 6.07) is 16.1. The van der Waals surface area contributed by atoms with Gasteiger partial charge in [-0.3, -0.25) is 10.1 Å². The summed E-state index contributed by atoms with van der Waals surface area (Å²) in [5, 5.41) is 15.0. The number of aromatic hydroxyl groups is 1. The van der Waals surface area contributed by atoms with Crippen LogP contribution in [0.5, 0.6) is 5.75 Å². The third kappa shape index (κ3) is 4.74. The summed E-state index contributed by atoms with van der Waals surface area (Å²) < 4.78 is 0. The summed E-state index contributed by atoms with van der Waals surface area (Å²) >= 11 is 5.01. The Labute approximate surface area is 128 Å². The minimum absolute atomic E-state index is 0.0638. The smallest absolute Gasteiger partial charge is 0.250 e. The molecule has 4 nitrogen and oxygen atoms in total. The van der Waals surface area contributed by atoms with Gasteiger partial charge in [0.05, 0.1) is 5.69 Å². The predicted octanol–water partition coefficient (Wildman–Crippen LogP) is 2.92. The SMILES string of the molecule is O=C(/C=C/c1ccccc1)NC(=S)Nc1ccccc1O. The molecule has 0 heterocycles. The van der Waals surface area contributed by atoms with Crippen LogP contribution in [0.25, 0.3) is 6.08 Å². The highest BCUT2D eigenvalue weighted by Gasteiger charge is 2.04. The number of hydrogen-bond acceptors (Lipinski definition) is 3. The molecule has 2 aromatic rings. The second kappa shape index (κ2) is 7.21. The Morgan fingerprint density at radius 3 is 2.43 bits per heavy atom. The third-order valence-corrected chi connectivity index (χ3v) is 2.82. The molecule has 0 bridgehead atoms. The van der Waals surface area contributed by atoms with Crippen molar-refractivity contribution in [3.63, 3.8) is 0 Å². The number of anilines is 1. The Balaban J connectivity index is 1.90. The molecule has 2 aromatic carbocycles. The standard InChI is InChI=1S/C16H14N2O2S/c19-14-9-5-4-8-13(14)17-16(21)18-15(20)11-10-12-6-2-1-3-7-12/h1-11,19H,(H2,17,18,20,21)/b11-10+. The Bertz CT molecular complexity index is 669. The first-order valence-electron chi connectivity index (χ1n) is 6.28. The van der Waals surface area contributed by atoms with E-state index in [0.29, 0.717) is 5.69 Å². The summed E-state index contributed by atoms with van der Waals surface area (Å²) in [4.78, 5) is 11.7. The lowest BCUT2D eigenvalue weighted by Gasteiger charge is -2.09. The molecule has 0 aromatic heterocycles. The van der Waals surface area contributed by atoms with Gasteiger partial charge in [-0.25, -0.2) is 0 Å². The van der Waals surface area contributed by atoms with Crippen LogP contribution in [0.3, 0.4) is 0 Å². The Hall–Kier alpha value is -2.66. The average molecular weight is 298 g/mol. The van der Waals surface area contributed by atoms with Gasteiger partial charge in [0.1, 0.15) is 5.75 Å². The molecule has 21 heavy (non-hydrogen) atoms. The van der Waals surface area contributed by atoms with Crippen LogP contribution in [-0.2, 0) is 4.79 Å². The topological polar surface area (TPSA) is 61.4 Å². The van der Waals surface area contributed by atoms with Crippen LogP contribution in [0.1, 0.15) is 5.56 Å². The maximum atomic E-state index is 11.7. The zero-order valence-corrected chi connectivity index (χ0v) is 11.9. The number of carbonyl (C=O) groups excluding carboxylic acids is 1. The van der Waals surface area contributed by atoms with E-state index in [1.807, 2.05) is 30.3 Å². The fourth-order valence-electron chi connectivity index (χ4n) is 1.62. The van der Waals surface area contributed by atoms with Gasteiger partial charge in [-0.2, -0.15) is 0 Å². The first-order chi connectivity index (χ1) is 10.1. The molecule has 0 radical (unpaired) electrons. The van der Waals surface area contributed by atoms with E-state index in [2.05, 4.69) is 10.6 Å². The molecule has 0 atom stereocenters. The van der Waals surface area contributed by atoms with Gasteiger partial charge in [-0.15, -0.1) is 0 Å². The number of hydrogen-bond donors (Lipinski definition) is 3. The zero-order chi connectivity index (χ0) is 15.1. The van der Waals surface area contributed by atoms with Gasteiger partial charge in [-0.1, -0.05) is 42.5 Å². The summed E-state index contributed by atoms with van der Waals surface area (Å²) in [6.45, 7) is 0. The average Bonchev–Trinajstić information content (AvgIpc) is 2.48. The number of rotatable bonds is 3. The summed E-state index contributed by atoms with van der Waals surface area (Å²) in [7, 11) is 0. The van der Waals surface area contributed by atoms with E-state index in [1.165, 1.54) is 12.1 Å². The molecule has 0 aliphatic carbocycles. The van der Waals surface area contributed by atoms with E-state index in [9.17, 15) is 9.90 Å². The highest BCUT2D eigenvalue weighted by atomic mass is 32.1. The van der Waals surface area contributed by atoms with Crippen molar-refractivity contribution in [3.8, 4) is 5.75 Å². The van der Waals surface area contributed by atoms with Gasteiger partial charge in [0.25, 0.3) is 0 Å². The van der Waals surface area contributed by atoms with Gasteiger partial charge < -0.3 is 10.4 Å². The minimum atomic E-state index is -0.341. The Morgan fingerprint density at radius 1 is 1.05 bits per heavy atom. The maximum absolute atomic E-state index is 11.7. The van der Waals surface area contributed by atoms with Crippen LogP contribution in [0.15, 0.2) is 60.7 Å². The van der Waals surface area contributed by atoms with Crippen LogP contribution in [0.4, 0.5) is 5.69 Å². The van der Waals surface area contributed by atoms with Crippen molar-refractivity contribution < 1.29 is 9.90 Å². The molecule has 106 valence electrons. The summed E-state index contributed by atoms with van der Waals surface area (Å²) in [5.41, 5.74) is 1.36. The molecule has 0 spiro atoms. The van der Waals surface area contributed by atoms with E-state index >= 15 is 0 Å². The normalized spacial score (nSPS) is 10.3. The van der Waals surface area contributed by atoms with Crippen molar-refractivity contribution in [3.05, 3.63) is 66.2 Å². The first-order valence-corrected chi connectivity index (χ1v) is 6.69. The molecule has 0 saturated carbocycles. The second-order valence-electron chi connectivity index (χ2n) is 4.20. The van der Waals surface area contributed by atoms with Crippen LogP contribution in [0.2, 0.25) is 0 Å². The minimum Gasteiger partial charge on any atom is -0.506 e. The van der Waals surface area contributed by atoms with Crippen LogP contribution < -0.4 is 10.6 Å². The molecular weight excluding hydrogens is 284 g/mol. The monoisotopic (exact) mass is 298 g/mol. The first kappa shape index (κ1) is 14.7. The Kier molecular flexibility index (Phi) is 5.06. The molecule has 0 fully saturated rings. The number of phenols is 1. The number of carbonyl (C=O) groups is 1. The van der Waals surface area contributed by atoms with Crippen molar-refractivity contribution in [2.24, 2.45) is 0 Å². The van der Waals surface area contributed by atoms with Gasteiger partial charge in [0.2, 0.25) is 5.91 Å². The fraction of sp³-hybridized carbons (Fsp3) is 0. The van der Waals surface area contributed by atoms with E-state index in [0.717, 1.165) is 5.56 Å². The molecule has 3 N–H and O–H groups in total. The van der Waals surface area contributed by atoms with Crippen LogP contribution >= 0.6 is 12.2 Å². The van der Waals surface area contributed by atoms with Crippen molar-refractivity contribution in [2.45, 2.75) is 0 Å². The van der Waals surface area contributed by atoms with Crippen molar-refractivity contribution in [1.82, 2.24) is 5.32 Å². The number of nitrogens with one attached hydrogen (secondary N) is 2. The number of amides is 1. The quantitative estimate of drug-likeness (QED) is 0.463. The van der Waals surface area contributed by atoms with E-state index < -0.39 is 0 Å². The zero-order valence-electron chi connectivity index (χ0n) is 11.1. The lowest BCUT2D eigenvalue weighted by molar-refractivity contribution is -0.115. The van der Waals surface area contributed by atoms with E-state index in [1.54, 1.807) is 24.3 Å². The maximum Gasteiger partial charge on any atom is 0.250 e. The van der Waals surface area contributed by atoms with Crippen molar-refractivity contribution in [2.75, 3.05) is 5.32 Å². The largest absolute Gasteiger partial charge is 0.506 e. The molecule has 0 unspecified atom stereocenters. The van der Waals surface area contributed by atoms with Crippen LogP contribution in [0, 0.1) is 0 Å². The van der Waals surface area contributed by atoms with Gasteiger partial charge in [0, 0.05) is 6.08 Å². The summed E-state index contributed by atoms with van der Waals surface area (Å²) in [6.07, 6.45) is 3.09. The number of para-hydroxylation sites is 2. The molecular formula is C16H14N2O2S. The van der Waals surface area contributed by atoms with Gasteiger partial charge in [0.15, 0.2) is 5.11 Å². The van der Waals surface area contributed by atoms with Crippen molar-refractivity contribution in [1.29, 1.82) is 0 Å². The highest BCUT2D eigenvalue weighted by molar-refractivity contribution is 7.80. The van der Waals surface area contributed by atoms with E-state index in [4.69, 9.17) is 12.2 Å². The highest BCUT2D eigenvalue weighted by Crippen LogP contribution is 2.21. The van der Waals surface area contributed by atoms with Gasteiger partial charge in [-0.05, 0) is 36.0 Å². The lowest BCUT2D eigenvalue weighted by atomic mass is 10.2.